The van der Waals surface area contributed by atoms with Crippen molar-refractivity contribution in [2.24, 2.45) is 5.92 Å². The average Bonchev–Trinajstić information content (AvgIpc) is 2.41. The summed E-state index contributed by atoms with van der Waals surface area (Å²) in [5, 5.41) is 3.66. The van der Waals surface area contributed by atoms with Crippen LogP contribution in [0.15, 0.2) is 28.7 Å². The van der Waals surface area contributed by atoms with Gasteiger partial charge in [0.2, 0.25) is 0 Å². The van der Waals surface area contributed by atoms with Crippen molar-refractivity contribution >= 4 is 15.9 Å². The highest BCUT2D eigenvalue weighted by Crippen LogP contribution is 2.21. The molecule has 1 aromatic rings. The Morgan fingerprint density at radius 2 is 2.16 bits per heavy atom. The van der Waals surface area contributed by atoms with Crippen molar-refractivity contribution in [1.82, 2.24) is 10.2 Å². The molecule has 2 atom stereocenters. The summed E-state index contributed by atoms with van der Waals surface area (Å²) in [6, 6.07) is 9.16. The van der Waals surface area contributed by atoms with Crippen LogP contribution in [0.2, 0.25) is 0 Å². The second-order valence-electron chi connectivity index (χ2n) is 5.74. The van der Waals surface area contributed by atoms with Crippen molar-refractivity contribution in [2.45, 2.75) is 38.8 Å². The van der Waals surface area contributed by atoms with Crippen molar-refractivity contribution in [3.63, 3.8) is 0 Å². The van der Waals surface area contributed by atoms with Crippen LogP contribution in [0.1, 0.15) is 31.7 Å². The molecule has 2 nitrogen and oxygen atoms in total. The molecule has 0 saturated carbocycles. The molecule has 1 heterocycles. The lowest BCUT2D eigenvalue weighted by Gasteiger charge is -2.32. The predicted molar refractivity (Wildman–Crippen MR) is 85.3 cm³/mol. The molecule has 0 radical (unpaired) electrons. The molecule has 106 valence electrons. The molecule has 1 aromatic carbocycles. The molecule has 0 amide bonds. The van der Waals surface area contributed by atoms with Gasteiger partial charge in [-0.25, -0.2) is 0 Å². The summed E-state index contributed by atoms with van der Waals surface area (Å²) in [5.74, 6) is 0.920. The van der Waals surface area contributed by atoms with E-state index >= 15 is 0 Å². The van der Waals surface area contributed by atoms with Gasteiger partial charge in [0.15, 0.2) is 0 Å². The highest BCUT2D eigenvalue weighted by molar-refractivity contribution is 9.10. The van der Waals surface area contributed by atoms with Crippen LogP contribution < -0.4 is 5.32 Å². The topological polar surface area (TPSA) is 15.3 Å². The van der Waals surface area contributed by atoms with Crippen molar-refractivity contribution < 1.29 is 0 Å². The Hall–Kier alpha value is -0.380. The maximum absolute atomic E-state index is 3.66. The van der Waals surface area contributed by atoms with Crippen LogP contribution in [0.25, 0.3) is 0 Å². The van der Waals surface area contributed by atoms with Gasteiger partial charge >= 0.3 is 0 Å². The monoisotopic (exact) mass is 324 g/mol. The Labute approximate surface area is 125 Å². The summed E-state index contributed by atoms with van der Waals surface area (Å²) in [6.07, 6.45) is 4.00. The third-order valence-corrected chi connectivity index (χ3v) is 4.88. The Bertz CT molecular complexity index is 394. The Morgan fingerprint density at radius 1 is 1.37 bits per heavy atom. The Balaban J connectivity index is 1.84. The molecule has 19 heavy (non-hydrogen) atoms. The van der Waals surface area contributed by atoms with Crippen molar-refractivity contribution in [1.29, 1.82) is 0 Å². The van der Waals surface area contributed by atoms with E-state index in [1.165, 1.54) is 35.8 Å². The van der Waals surface area contributed by atoms with Crippen molar-refractivity contribution in [3.8, 4) is 0 Å². The van der Waals surface area contributed by atoms with Crippen LogP contribution in [0, 0.1) is 5.92 Å². The summed E-state index contributed by atoms with van der Waals surface area (Å²) in [6.45, 7) is 5.65. The van der Waals surface area contributed by atoms with E-state index in [4.69, 9.17) is 0 Å². The van der Waals surface area contributed by atoms with Crippen LogP contribution in [-0.2, 0) is 6.54 Å². The number of halogens is 1. The number of benzene rings is 1. The fourth-order valence-corrected chi connectivity index (χ4v) is 3.37. The van der Waals surface area contributed by atoms with Crippen LogP contribution in [0.4, 0.5) is 0 Å². The molecule has 2 unspecified atom stereocenters. The minimum Gasteiger partial charge on any atom is -0.313 e. The SMILES string of the molecule is CCC1CCNC(CN(C)Cc2ccccc2Br)C1. The number of nitrogens with one attached hydrogen (secondary N) is 1. The smallest absolute Gasteiger partial charge is 0.0242 e. The summed E-state index contributed by atoms with van der Waals surface area (Å²) < 4.78 is 1.21. The fraction of sp³-hybridized carbons (Fsp3) is 0.625. The van der Waals surface area contributed by atoms with E-state index < -0.39 is 0 Å². The molecule has 2 rings (SSSR count). The van der Waals surface area contributed by atoms with Gasteiger partial charge in [0.05, 0.1) is 0 Å². The lowest BCUT2D eigenvalue weighted by Crippen LogP contribution is -2.44. The first-order chi connectivity index (χ1) is 9.19. The predicted octanol–water partition coefficient (Wildman–Crippen LogP) is 3.66. The third-order valence-electron chi connectivity index (χ3n) is 4.11. The van der Waals surface area contributed by atoms with Gasteiger partial charge in [0, 0.05) is 23.6 Å². The van der Waals surface area contributed by atoms with Gasteiger partial charge in [-0.2, -0.15) is 0 Å². The number of hydrogen-bond donors (Lipinski definition) is 1. The summed E-state index contributed by atoms with van der Waals surface area (Å²) >= 11 is 3.63. The zero-order chi connectivity index (χ0) is 13.7. The first-order valence-corrected chi connectivity index (χ1v) is 8.13. The van der Waals surface area contributed by atoms with E-state index in [-0.39, 0.29) is 0 Å². The minimum atomic E-state index is 0.659. The van der Waals surface area contributed by atoms with Gasteiger partial charge < -0.3 is 10.2 Å². The Kier molecular flexibility index (Phi) is 5.86. The Morgan fingerprint density at radius 3 is 2.89 bits per heavy atom. The highest BCUT2D eigenvalue weighted by atomic mass is 79.9. The van der Waals surface area contributed by atoms with Crippen LogP contribution >= 0.6 is 15.9 Å². The zero-order valence-electron chi connectivity index (χ0n) is 12.0. The molecule has 1 saturated heterocycles. The molecule has 1 fully saturated rings. The van der Waals surface area contributed by atoms with Gasteiger partial charge in [-0.05, 0) is 44.0 Å². The van der Waals surface area contributed by atoms with Crippen LogP contribution in [0.3, 0.4) is 0 Å². The number of likely N-dealkylation sites (N-methyl/N-ethyl adjacent to an activating group) is 1. The van der Waals surface area contributed by atoms with E-state index in [9.17, 15) is 0 Å². The maximum atomic E-state index is 3.66. The highest BCUT2D eigenvalue weighted by Gasteiger charge is 2.21. The van der Waals surface area contributed by atoms with Gasteiger partial charge in [0.25, 0.3) is 0 Å². The van der Waals surface area contributed by atoms with E-state index in [0.717, 1.165) is 19.0 Å². The molecule has 0 spiro atoms. The fourth-order valence-electron chi connectivity index (χ4n) is 2.96. The van der Waals surface area contributed by atoms with E-state index in [2.05, 4.69) is 64.4 Å². The lowest BCUT2D eigenvalue weighted by molar-refractivity contribution is 0.220. The number of rotatable bonds is 5. The molecule has 1 N–H and O–H groups in total. The van der Waals surface area contributed by atoms with Gasteiger partial charge in [-0.15, -0.1) is 0 Å². The molecular formula is C16H25BrN2. The minimum absolute atomic E-state index is 0.659. The molecule has 1 aliphatic rings. The van der Waals surface area contributed by atoms with Gasteiger partial charge in [-0.1, -0.05) is 47.5 Å². The second-order valence-corrected chi connectivity index (χ2v) is 6.59. The summed E-state index contributed by atoms with van der Waals surface area (Å²) in [5.41, 5.74) is 1.37. The van der Waals surface area contributed by atoms with E-state index in [0.29, 0.717) is 6.04 Å². The standard InChI is InChI=1S/C16H25BrN2/c1-3-13-8-9-18-15(10-13)12-19(2)11-14-6-4-5-7-16(14)17/h4-7,13,15,18H,3,8-12H2,1-2H3. The number of hydrogen-bond acceptors (Lipinski definition) is 2. The third kappa shape index (κ3) is 4.59. The van der Waals surface area contributed by atoms with Crippen molar-refractivity contribution in [3.05, 3.63) is 34.3 Å². The van der Waals surface area contributed by atoms with Gasteiger partial charge in [0.1, 0.15) is 0 Å². The van der Waals surface area contributed by atoms with Crippen LogP contribution in [-0.4, -0.2) is 31.1 Å². The quantitative estimate of drug-likeness (QED) is 0.889. The molecule has 0 bridgehead atoms. The largest absolute Gasteiger partial charge is 0.313 e. The van der Waals surface area contributed by atoms with Crippen molar-refractivity contribution in [2.75, 3.05) is 20.1 Å². The normalized spacial score (nSPS) is 23.8. The van der Waals surface area contributed by atoms with Crippen LogP contribution in [0.5, 0.6) is 0 Å². The maximum Gasteiger partial charge on any atom is 0.0242 e. The molecule has 3 heteroatoms. The summed E-state index contributed by atoms with van der Waals surface area (Å²) in [7, 11) is 2.22. The molecule has 1 aliphatic heterocycles. The van der Waals surface area contributed by atoms with E-state index in [1.807, 2.05) is 0 Å². The number of nitrogens with zero attached hydrogens (tertiary/aromatic N) is 1. The first-order valence-electron chi connectivity index (χ1n) is 7.34. The van der Waals surface area contributed by atoms with Gasteiger partial charge in [-0.3, -0.25) is 0 Å². The first kappa shape index (κ1) is 15.0. The number of piperidine rings is 1. The van der Waals surface area contributed by atoms with E-state index in [1.54, 1.807) is 0 Å². The zero-order valence-corrected chi connectivity index (χ0v) is 13.6. The second kappa shape index (κ2) is 7.41. The molecule has 0 aliphatic carbocycles. The molecular weight excluding hydrogens is 300 g/mol. The summed E-state index contributed by atoms with van der Waals surface area (Å²) in [4.78, 5) is 2.43. The molecule has 0 aromatic heterocycles. The lowest BCUT2D eigenvalue weighted by atomic mass is 9.90. The average molecular weight is 325 g/mol.